The molecule has 1 aliphatic heterocycles. The van der Waals surface area contributed by atoms with Crippen molar-refractivity contribution in [3.8, 4) is 16.9 Å². The SMILES string of the molecule is CN.Clc1cccc(Cl)c1-c1cccc2c1OCCC2. The molecule has 0 aromatic heterocycles. The zero-order chi connectivity index (χ0) is 14.5. The first kappa shape index (κ1) is 15.2. The molecule has 2 nitrogen and oxygen atoms in total. The maximum Gasteiger partial charge on any atom is 0.130 e. The van der Waals surface area contributed by atoms with Crippen LogP contribution in [0.15, 0.2) is 36.4 Å². The van der Waals surface area contributed by atoms with Crippen LogP contribution >= 0.6 is 23.2 Å². The second-order valence-corrected chi connectivity index (χ2v) is 5.16. The lowest BCUT2D eigenvalue weighted by Crippen LogP contribution is -2.09. The summed E-state index contributed by atoms with van der Waals surface area (Å²) in [4.78, 5) is 0. The fourth-order valence-electron chi connectivity index (χ4n) is 2.34. The first-order chi connectivity index (χ1) is 9.77. The molecule has 0 spiro atoms. The predicted molar refractivity (Wildman–Crippen MR) is 85.8 cm³/mol. The number of rotatable bonds is 1. The summed E-state index contributed by atoms with van der Waals surface area (Å²) in [6.07, 6.45) is 2.11. The predicted octanol–water partition coefficient (Wildman–Crippen LogP) is 4.56. The monoisotopic (exact) mass is 309 g/mol. The van der Waals surface area contributed by atoms with Gasteiger partial charge in [0.05, 0.1) is 16.7 Å². The van der Waals surface area contributed by atoms with Crippen LogP contribution in [0.25, 0.3) is 11.1 Å². The lowest BCUT2D eigenvalue weighted by Gasteiger charge is -2.21. The van der Waals surface area contributed by atoms with E-state index in [0.29, 0.717) is 10.0 Å². The standard InChI is InChI=1S/C15H12Cl2O.CH5N/c16-12-7-2-8-13(17)14(12)11-6-1-4-10-5-3-9-18-15(10)11;1-2/h1-2,4,6-8H,3,5,9H2;2H2,1H3. The second kappa shape index (κ2) is 6.98. The molecule has 1 aliphatic rings. The normalized spacial score (nSPS) is 12.8. The molecule has 1 heterocycles. The van der Waals surface area contributed by atoms with Crippen molar-refractivity contribution in [3.05, 3.63) is 52.0 Å². The van der Waals surface area contributed by atoms with Gasteiger partial charge in [0.15, 0.2) is 0 Å². The smallest absolute Gasteiger partial charge is 0.130 e. The Morgan fingerprint density at radius 2 is 1.65 bits per heavy atom. The highest BCUT2D eigenvalue weighted by atomic mass is 35.5. The first-order valence-electron chi connectivity index (χ1n) is 6.54. The molecule has 2 aromatic carbocycles. The number of hydrogen-bond acceptors (Lipinski definition) is 2. The summed E-state index contributed by atoms with van der Waals surface area (Å²) in [6, 6.07) is 11.7. The molecule has 0 unspecified atom stereocenters. The summed E-state index contributed by atoms with van der Waals surface area (Å²) in [5.41, 5.74) is 7.58. The number of para-hydroxylation sites is 1. The van der Waals surface area contributed by atoms with Crippen LogP contribution in [0.5, 0.6) is 5.75 Å². The van der Waals surface area contributed by atoms with Gasteiger partial charge in [0.1, 0.15) is 5.75 Å². The Kier molecular flexibility index (Phi) is 5.30. The van der Waals surface area contributed by atoms with Gasteiger partial charge in [0.2, 0.25) is 0 Å². The van der Waals surface area contributed by atoms with Crippen LogP contribution in [0.2, 0.25) is 10.0 Å². The lowest BCUT2D eigenvalue weighted by molar-refractivity contribution is 0.289. The fraction of sp³-hybridized carbons (Fsp3) is 0.250. The zero-order valence-corrected chi connectivity index (χ0v) is 12.8. The van der Waals surface area contributed by atoms with Gasteiger partial charge in [-0.1, -0.05) is 47.5 Å². The molecule has 0 fully saturated rings. The van der Waals surface area contributed by atoms with Gasteiger partial charge in [0, 0.05) is 11.1 Å². The van der Waals surface area contributed by atoms with E-state index in [9.17, 15) is 0 Å². The molecule has 0 saturated heterocycles. The van der Waals surface area contributed by atoms with E-state index in [1.165, 1.54) is 12.6 Å². The summed E-state index contributed by atoms with van der Waals surface area (Å²) in [7, 11) is 1.50. The fourth-order valence-corrected chi connectivity index (χ4v) is 2.94. The number of hydrogen-bond donors (Lipinski definition) is 1. The largest absolute Gasteiger partial charge is 0.493 e. The van der Waals surface area contributed by atoms with E-state index in [0.717, 1.165) is 36.3 Å². The molecule has 4 heteroatoms. The van der Waals surface area contributed by atoms with Crippen LogP contribution in [-0.2, 0) is 6.42 Å². The summed E-state index contributed by atoms with van der Waals surface area (Å²) in [5, 5.41) is 1.31. The first-order valence-corrected chi connectivity index (χ1v) is 7.30. The highest BCUT2D eigenvalue weighted by Crippen LogP contribution is 2.42. The van der Waals surface area contributed by atoms with Crippen LogP contribution in [-0.4, -0.2) is 13.7 Å². The van der Waals surface area contributed by atoms with Crippen molar-refractivity contribution in [1.82, 2.24) is 0 Å². The van der Waals surface area contributed by atoms with Crippen LogP contribution in [0, 0.1) is 0 Å². The third-order valence-corrected chi connectivity index (χ3v) is 3.80. The van der Waals surface area contributed by atoms with Crippen LogP contribution in [0.4, 0.5) is 0 Å². The van der Waals surface area contributed by atoms with Crippen molar-refractivity contribution in [2.45, 2.75) is 12.8 Å². The lowest BCUT2D eigenvalue weighted by atomic mass is 9.97. The van der Waals surface area contributed by atoms with E-state index in [4.69, 9.17) is 27.9 Å². The van der Waals surface area contributed by atoms with Crippen molar-refractivity contribution in [1.29, 1.82) is 0 Å². The van der Waals surface area contributed by atoms with Gasteiger partial charge in [-0.05, 0) is 37.6 Å². The van der Waals surface area contributed by atoms with Crippen molar-refractivity contribution in [3.63, 3.8) is 0 Å². The Labute approximate surface area is 129 Å². The number of fused-ring (bicyclic) bond motifs is 1. The van der Waals surface area contributed by atoms with Gasteiger partial charge in [-0.2, -0.15) is 0 Å². The molecule has 0 bridgehead atoms. The minimum atomic E-state index is 0.657. The Morgan fingerprint density at radius 1 is 1.00 bits per heavy atom. The zero-order valence-electron chi connectivity index (χ0n) is 11.3. The Hall–Kier alpha value is -1.22. The number of halogens is 2. The van der Waals surface area contributed by atoms with Gasteiger partial charge in [-0.25, -0.2) is 0 Å². The van der Waals surface area contributed by atoms with E-state index < -0.39 is 0 Å². The Morgan fingerprint density at radius 3 is 2.35 bits per heavy atom. The molecule has 2 N–H and O–H groups in total. The molecule has 3 rings (SSSR count). The molecule has 0 aliphatic carbocycles. The van der Waals surface area contributed by atoms with Crippen LogP contribution in [0.1, 0.15) is 12.0 Å². The van der Waals surface area contributed by atoms with Gasteiger partial charge in [-0.15, -0.1) is 0 Å². The number of ether oxygens (including phenoxy) is 1. The van der Waals surface area contributed by atoms with Crippen molar-refractivity contribution in [2.75, 3.05) is 13.7 Å². The summed E-state index contributed by atoms with van der Waals surface area (Å²) >= 11 is 12.5. The summed E-state index contributed by atoms with van der Waals surface area (Å²) in [6.45, 7) is 0.756. The molecular weight excluding hydrogens is 293 g/mol. The van der Waals surface area contributed by atoms with Gasteiger partial charge in [-0.3, -0.25) is 0 Å². The van der Waals surface area contributed by atoms with Crippen molar-refractivity contribution >= 4 is 23.2 Å². The van der Waals surface area contributed by atoms with Gasteiger partial charge in [0.25, 0.3) is 0 Å². The number of nitrogens with two attached hydrogens (primary N) is 1. The van der Waals surface area contributed by atoms with Crippen LogP contribution in [0.3, 0.4) is 0 Å². The second-order valence-electron chi connectivity index (χ2n) is 4.34. The van der Waals surface area contributed by atoms with E-state index in [1.807, 2.05) is 30.3 Å². The third-order valence-electron chi connectivity index (χ3n) is 3.17. The van der Waals surface area contributed by atoms with E-state index in [-0.39, 0.29) is 0 Å². The van der Waals surface area contributed by atoms with E-state index in [1.54, 1.807) is 0 Å². The minimum absolute atomic E-state index is 0.657. The van der Waals surface area contributed by atoms with Gasteiger partial charge >= 0.3 is 0 Å². The average molecular weight is 310 g/mol. The average Bonchev–Trinajstić information content (AvgIpc) is 2.49. The summed E-state index contributed by atoms with van der Waals surface area (Å²) < 4.78 is 5.80. The molecule has 2 aromatic rings. The quantitative estimate of drug-likeness (QED) is 0.838. The Balaban J connectivity index is 0.000000704. The van der Waals surface area contributed by atoms with Crippen LogP contribution < -0.4 is 10.5 Å². The highest BCUT2D eigenvalue weighted by Gasteiger charge is 2.18. The summed E-state index contributed by atoms with van der Waals surface area (Å²) in [5.74, 6) is 0.929. The number of aryl methyl sites for hydroxylation is 1. The molecular formula is C16H17Cl2NO. The molecule has 0 saturated carbocycles. The maximum atomic E-state index is 6.27. The molecule has 0 radical (unpaired) electrons. The molecule has 106 valence electrons. The third kappa shape index (κ3) is 2.93. The molecule has 20 heavy (non-hydrogen) atoms. The van der Waals surface area contributed by atoms with Crippen molar-refractivity contribution < 1.29 is 4.74 Å². The van der Waals surface area contributed by atoms with E-state index >= 15 is 0 Å². The molecule has 0 amide bonds. The highest BCUT2D eigenvalue weighted by molar-refractivity contribution is 6.39. The van der Waals surface area contributed by atoms with E-state index in [2.05, 4.69) is 11.8 Å². The topological polar surface area (TPSA) is 35.2 Å². The van der Waals surface area contributed by atoms with Crippen molar-refractivity contribution in [2.24, 2.45) is 5.73 Å². The van der Waals surface area contributed by atoms with Gasteiger partial charge < -0.3 is 10.5 Å². The minimum Gasteiger partial charge on any atom is -0.493 e. The maximum absolute atomic E-state index is 6.27. The molecule has 0 atom stereocenters. The number of benzene rings is 2. The Bertz CT molecular complexity index is 579.